The quantitative estimate of drug-likeness (QED) is 0.0493. The Morgan fingerprint density at radius 3 is 1.31 bits per heavy atom. The summed E-state index contributed by atoms with van der Waals surface area (Å²) < 4.78 is 10.6. The normalized spacial score (nSPS) is 16.4. The van der Waals surface area contributed by atoms with Crippen molar-refractivity contribution in [3.8, 4) is 64.2 Å². The lowest BCUT2D eigenvalue weighted by molar-refractivity contribution is 0.297. The van der Waals surface area contributed by atoms with Crippen LogP contribution in [-0.2, 0) is 47.1 Å². The lowest BCUT2D eigenvalue weighted by Crippen LogP contribution is -2.44. The summed E-state index contributed by atoms with van der Waals surface area (Å²) >= 11 is 0. The number of nitriles is 4. The number of aromatic nitrogens is 8. The Morgan fingerprint density at radius 1 is 0.435 bits per heavy atom. The van der Waals surface area contributed by atoms with E-state index in [1.54, 1.807) is 62.4 Å². The first-order valence-corrected chi connectivity index (χ1v) is 38.8. The average molecular weight is 1540 g/mol. The minimum absolute atomic E-state index is 0.0203. The van der Waals surface area contributed by atoms with Crippen molar-refractivity contribution in [2.75, 3.05) is 77.3 Å². The van der Waals surface area contributed by atoms with Crippen LogP contribution in [0.2, 0.25) is 0 Å². The first-order chi connectivity index (χ1) is 55.9. The summed E-state index contributed by atoms with van der Waals surface area (Å²) in [5, 5.41) is 40.7. The van der Waals surface area contributed by atoms with Crippen LogP contribution in [0.15, 0.2) is 214 Å². The Labute approximate surface area is 668 Å². The number of H-pyrrole nitrogens is 1. The number of hydrogen-bond acceptors (Lipinski definition) is 22. The topological polar surface area (TPSA) is 384 Å². The van der Waals surface area contributed by atoms with Gasteiger partial charge in [-0.3, -0.25) is 28.3 Å². The van der Waals surface area contributed by atoms with Gasteiger partial charge in [0.2, 0.25) is 5.75 Å². The Bertz CT molecular complexity index is 5650. The molecule has 0 spiro atoms. The Kier molecular flexibility index (Phi) is 27.3. The minimum Gasteiger partial charge on any atom is -0.480 e. The van der Waals surface area contributed by atoms with E-state index in [9.17, 15) is 40.2 Å². The molecule has 4 aliphatic rings. The highest BCUT2D eigenvalue weighted by atomic mass is 16.5. The molecule has 0 bridgehead atoms. The molecule has 4 saturated heterocycles. The summed E-state index contributed by atoms with van der Waals surface area (Å²) in [6, 6.07) is 67.2. The second kappa shape index (κ2) is 38.7. The van der Waals surface area contributed by atoms with Crippen LogP contribution in [0.1, 0.15) is 107 Å². The fourth-order valence-corrected chi connectivity index (χ4v) is 14.9. The van der Waals surface area contributed by atoms with Gasteiger partial charge in [0.1, 0.15) is 47.6 Å². The number of aryl methyl sites for hydroxylation is 1. The molecule has 4 aromatic heterocycles. The molecule has 4 aliphatic heterocycles. The van der Waals surface area contributed by atoms with Crippen LogP contribution in [0.4, 0.5) is 29.0 Å². The monoisotopic (exact) mass is 1540 g/mol. The third-order valence-electron chi connectivity index (χ3n) is 21.0. The van der Waals surface area contributed by atoms with Gasteiger partial charge in [0, 0.05) is 139 Å². The van der Waals surface area contributed by atoms with Gasteiger partial charge in [-0.05, 0) is 92.8 Å². The number of nitrogens with zero attached hydrogens (tertiary/aromatic N) is 15. The second-order valence-corrected chi connectivity index (χ2v) is 29.2. The van der Waals surface area contributed by atoms with Crippen LogP contribution in [0, 0.1) is 45.3 Å². The first-order valence-electron chi connectivity index (χ1n) is 38.8. The largest absolute Gasteiger partial charge is 0.480 e. The number of para-hydroxylation sites is 1. The molecule has 11 aromatic rings. The van der Waals surface area contributed by atoms with E-state index in [1.807, 2.05) is 163 Å². The molecule has 0 aliphatic carbocycles. The van der Waals surface area contributed by atoms with Crippen LogP contribution >= 0.6 is 0 Å². The molecule has 7 aromatic carbocycles. The molecule has 115 heavy (non-hydrogen) atoms. The number of hydrogen-bond donors (Lipinski definition) is 6. The second-order valence-electron chi connectivity index (χ2n) is 29.2. The highest BCUT2D eigenvalue weighted by Crippen LogP contribution is 2.33. The zero-order chi connectivity index (χ0) is 80.9. The van der Waals surface area contributed by atoms with Crippen LogP contribution in [0.5, 0.6) is 5.75 Å². The molecule has 10 N–H and O–H groups in total. The third-order valence-corrected chi connectivity index (χ3v) is 21.0. The summed E-state index contributed by atoms with van der Waals surface area (Å²) in [5.74, 6) is 4.46. The molecule has 4 atom stereocenters. The van der Waals surface area contributed by atoms with E-state index in [2.05, 4.69) is 54.3 Å². The van der Waals surface area contributed by atoms with E-state index in [4.69, 9.17) is 42.6 Å². The summed E-state index contributed by atoms with van der Waals surface area (Å²) in [7, 11) is 5.14. The number of piperidine rings is 4. The fraction of sp³-hybridized carbons (Fsp3) is 0.303. The van der Waals surface area contributed by atoms with Crippen molar-refractivity contribution in [1.82, 2.24) is 38.6 Å². The zero-order valence-electron chi connectivity index (χ0n) is 65.0. The van der Waals surface area contributed by atoms with Gasteiger partial charge in [0.15, 0.2) is 5.82 Å². The van der Waals surface area contributed by atoms with Crippen LogP contribution in [0.3, 0.4) is 0 Å². The molecular weight excluding hydrogens is 1440 g/mol. The van der Waals surface area contributed by atoms with Crippen molar-refractivity contribution in [3.63, 3.8) is 0 Å². The molecule has 4 fully saturated rings. The summed E-state index contributed by atoms with van der Waals surface area (Å²) in [4.78, 5) is 83.1. The van der Waals surface area contributed by atoms with E-state index in [0.717, 1.165) is 111 Å². The summed E-state index contributed by atoms with van der Waals surface area (Å²) in [5.41, 5.74) is 33.7. The maximum absolute atomic E-state index is 13.5. The van der Waals surface area contributed by atoms with Crippen molar-refractivity contribution in [2.45, 2.75) is 102 Å². The Balaban J connectivity index is 0.000000142. The molecule has 0 saturated carbocycles. The lowest BCUT2D eigenvalue weighted by atomic mass is 9.99. The Morgan fingerprint density at radius 2 is 0.826 bits per heavy atom. The molecule has 586 valence electrons. The van der Waals surface area contributed by atoms with Gasteiger partial charge in [-0.1, -0.05) is 158 Å². The van der Waals surface area contributed by atoms with Gasteiger partial charge < -0.3 is 62.1 Å². The molecular formula is C89H95N21O5. The Hall–Kier alpha value is -13.3. The van der Waals surface area contributed by atoms with E-state index in [-0.39, 0.29) is 58.8 Å². The smallest absolute Gasteiger partial charge is 0.298 e. The first kappa shape index (κ1) is 81.2. The third kappa shape index (κ3) is 19.9. The number of ether oxygens (including phenoxy) is 1. The van der Waals surface area contributed by atoms with Crippen LogP contribution in [-0.4, -0.2) is 115 Å². The van der Waals surface area contributed by atoms with E-state index < -0.39 is 0 Å². The standard InChI is InChI=1S/C24H25N5O2.C24H25N5O.C23H23N5O.C18H22N6O/c1-28-22(17-8-3-2-4-9-17)27-23(29-13-7-12-20(26)15-29)21(24(28)30)31-16-19-11-6-5-10-18(19)14-25;1-28-22(17-8-3-2-4-9-17)27-23(29-13-7-12-20(26)16-29)21(24(28)30)14-18-10-5-6-11-19(18)15-25;24-14-18-10-5-4-9-17(18)13-20-22(28-12-6-11-19(25)15-28)26-21(27-23(20)29)16-7-2-1-3-8-16;1-23-12-22-17(24-8-4-6-14(20)11-24)15(18(23)25)10-21-16-7-3-2-5-13(16)9-19/h2-6,8-11,20H,7,12-13,15-16,26H2,1H3;2-6,8-11,20H,7,12-14,16,26H2,1H3;1-5,7-10,19H,6,11-13,15,25H2,(H,26,27,29);2-3,5,7,12,14,21H,4,6,8,10-11,20H2,1H3/t2*20-;19-;14-/m1111/s1. The van der Waals surface area contributed by atoms with Gasteiger partial charge in [0.25, 0.3) is 22.2 Å². The van der Waals surface area contributed by atoms with Crippen molar-refractivity contribution in [1.29, 1.82) is 21.0 Å². The fourth-order valence-electron chi connectivity index (χ4n) is 14.9. The highest BCUT2D eigenvalue weighted by Gasteiger charge is 2.30. The predicted octanol–water partition coefficient (Wildman–Crippen LogP) is 9.68. The van der Waals surface area contributed by atoms with E-state index >= 15 is 0 Å². The van der Waals surface area contributed by atoms with Gasteiger partial charge in [-0.2, -0.15) is 21.0 Å². The van der Waals surface area contributed by atoms with Crippen molar-refractivity contribution in [2.24, 2.45) is 44.1 Å². The molecule has 26 heteroatoms. The molecule has 26 nitrogen and oxygen atoms in total. The number of anilines is 5. The number of rotatable bonds is 17. The zero-order valence-corrected chi connectivity index (χ0v) is 65.0. The van der Waals surface area contributed by atoms with Crippen LogP contribution < -0.4 is 74.8 Å². The van der Waals surface area contributed by atoms with Gasteiger partial charge in [0.05, 0.1) is 69.2 Å². The minimum atomic E-state index is -0.266. The van der Waals surface area contributed by atoms with Crippen molar-refractivity contribution < 1.29 is 4.74 Å². The van der Waals surface area contributed by atoms with Crippen molar-refractivity contribution >= 4 is 29.0 Å². The van der Waals surface area contributed by atoms with Gasteiger partial charge >= 0.3 is 0 Å². The molecule has 15 rings (SSSR count). The number of benzene rings is 7. The summed E-state index contributed by atoms with van der Waals surface area (Å²) in [6.45, 7) is 6.28. The summed E-state index contributed by atoms with van der Waals surface area (Å²) in [6.07, 6.45) is 9.97. The van der Waals surface area contributed by atoms with Crippen molar-refractivity contribution in [3.05, 3.63) is 291 Å². The molecule has 8 heterocycles. The van der Waals surface area contributed by atoms with Crippen LogP contribution in [0.25, 0.3) is 34.2 Å². The number of nitrogens with one attached hydrogen (secondary N) is 2. The molecule has 0 unspecified atom stereocenters. The molecule has 0 amide bonds. The lowest BCUT2D eigenvalue weighted by Gasteiger charge is -2.33. The predicted molar refractivity (Wildman–Crippen MR) is 449 cm³/mol. The van der Waals surface area contributed by atoms with E-state index in [1.165, 1.54) is 9.13 Å². The van der Waals surface area contributed by atoms with Gasteiger partial charge in [-0.15, -0.1) is 0 Å². The SMILES string of the molecule is Cn1c(-c2ccccc2)nc(N2CCC[C@@H](N)C2)c(Cc2ccccc2C#N)c1=O.Cn1c(-c2ccccc2)nc(N2CCC[C@@H](N)C2)c(OCc2ccccc2C#N)c1=O.Cn1cnc(N2CCC[C@@H](N)C2)c(CNc2ccccc2C#N)c1=O.N#Cc1ccccc1Cc1c(N2CCC[C@@H](N)C2)nc(-c2ccccc2)[nH]c1=O. The maximum atomic E-state index is 13.5. The number of nitrogens with two attached hydrogens (primary N) is 4. The van der Waals surface area contributed by atoms with Gasteiger partial charge in [-0.25, -0.2) is 19.9 Å². The average Bonchev–Trinajstić information content (AvgIpc) is 0.789. The highest BCUT2D eigenvalue weighted by molar-refractivity contribution is 5.65. The molecule has 0 radical (unpaired) electrons. The number of aromatic amines is 1. The van der Waals surface area contributed by atoms with E-state index in [0.29, 0.717) is 131 Å². The maximum Gasteiger partial charge on any atom is 0.298 e.